The topological polar surface area (TPSA) is 75.9 Å². The molecule has 0 amide bonds. The van der Waals surface area contributed by atoms with Gasteiger partial charge in [-0.05, 0) is 24.3 Å². The third kappa shape index (κ3) is 3.07. The smallest absolute Gasteiger partial charge is 0.223 e. The molecular weight excluding hydrogens is 282 g/mol. The molecule has 2 aromatic rings. The first-order valence-corrected chi connectivity index (χ1v) is 5.81. The lowest BCUT2D eigenvalue weighted by molar-refractivity contribution is 1.17. The van der Waals surface area contributed by atoms with Crippen LogP contribution in [0.2, 0.25) is 0 Å². The number of benzene rings is 1. The minimum atomic E-state index is 0.233. The summed E-state index contributed by atoms with van der Waals surface area (Å²) in [5.41, 5.74) is 6.54. The molecule has 6 heteroatoms. The van der Waals surface area contributed by atoms with Crippen molar-refractivity contribution in [1.82, 2.24) is 9.97 Å². The number of nitrogens with one attached hydrogen (secondary N) is 2. The number of nitrogens with two attached hydrogens (primary N) is 1. The van der Waals surface area contributed by atoms with E-state index >= 15 is 0 Å². The lowest BCUT2D eigenvalue weighted by atomic mass is 10.3. The van der Waals surface area contributed by atoms with Crippen molar-refractivity contribution in [3.8, 4) is 0 Å². The van der Waals surface area contributed by atoms with Crippen molar-refractivity contribution in [2.75, 3.05) is 23.4 Å². The molecule has 17 heavy (non-hydrogen) atoms. The van der Waals surface area contributed by atoms with Gasteiger partial charge in [-0.1, -0.05) is 15.9 Å². The Morgan fingerprint density at radius 2 is 1.76 bits per heavy atom. The third-order valence-corrected chi connectivity index (χ3v) is 2.64. The van der Waals surface area contributed by atoms with Crippen LogP contribution in [0.3, 0.4) is 0 Å². The van der Waals surface area contributed by atoms with E-state index < -0.39 is 0 Å². The summed E-state index contributed by atoms with van der Waals surface area (Å²) in [6.45, 7) is 0. The Labute approximate surface area is 108 Å². The highest BCUT2D eigenvalue weighted by Crippen LogP contribution is 2.19. The average Bonchev–Trinajstić information content (AvgIpc) is 2.31. The van der Waals surface area contributed by atoms with Crippen LogP contribution in [0.25, 0.3) is 0 Å². The van der Waals surface area contributed by atoms with Gasteiger partial charge in [-0.15, -0.1) is 0 Å². The highest BCUT2D eigenvalue weighted by Gasteiger charge is 2.01. The second-order valence-electron chi connectivity index (χ2n) is 3.38. The van der Waals surface area contributed by atoms with Gasteiger partial charge in [0, 0.05) is 23.3 Å². The molecule has 4 N–H and O–H groups in total. The monoisotopic (exact) mass is 293 g/mol. The molecule has 1 aromatic carbocycles. The fraction of sp³-hybridized carbons (Fsp3) is 0.0909. The summed E-state index contributed by atoms with van der Waals surface area (Å²) < 4.78 is 1.03. The van der Waals surface area contributed by atoms with Crippen molar-refractivity contribution in [3.63, 3.8) is 0 Å². The van der Waals surface area contributed by atoms with Gasteiger partial charge in [0.1, 0.15) is 11.6 Å². The van der Waals surface area contributed by atoms with E-state index in [1.807, 2.05) is 24.3 Å². The molecule has 0 saturated heterocycles. The normalized spacial score (nSPS) is 10.0. The molecule has 0 radical (unpaired) electrons. The van der Waals surface area contributed by atoms with E-state index in [-0.39, 0.29) is 5.95 Å². The molecule has 0 bridgehead atoms. The van der Waals surface area contributed by atoms with Crippen molar-refractivity contribution in [3.05, 3.63) is 34.8 Å². The highest BCUT2D eigenvalue weighted by atomic mass is 79.9. The van der Waals surface area contributed by atoms with E-state index in [1.165, 1.54) is 0 Å². The van der Waals surface area contributed by atoms with Crippen molar-refractivity contribution in [1.29, 1.82) is 0 Å². The summed E-state index contributed by atoms with van der Waals surface area (Å²) in [5.74, 6) is 1.57. The summed E-state index contributed by atoms with van der Waals surface area (Å²) in [4.78, 5) is 8.12. The zero-order chi connectivity index (χ0) is 12.3. The van der Waals surface area contributed by atoms with E-state index in [0.29, 0.717) is 11.6 Å². The number of nitrogens with zero attached hydrogens (tertiary/aromatic N) is 2. The van der Waals surface area contributed by atoms with Gasteiger partial charge in [-0.25, -0.2) is 0 Å². The number of rotatable bonds is 3. The molecule has 1 heterocycles. The fourth-order valence-electron chi connectivity index (χ4n) is 1.34. The molecular formula is C11H12BrN5. The molecule has 1 aromatic heterocycles. The van der Waals surface area contributed by atoms with Crippen molar-refractivity contribution in [2.45, 2.75) is 0 Å². The number of hydrogen-bond acceptors (Lipinski definition) is 5. The predicted molar refractivity (Wildman–Crippen MR) is 73.4 cm³/mol. The number of nitrogen functional groups attached to an aromatic ring is 1. The second kappa shape index (κ2) is 5.01. The van der Waals surface area contributed by atoms with Gasteiger partial charge in [-0.3, -0.25) is 0 Å². The van der Waals surface area contributed by atoms with Crippen molar-refractivity contribution in [2.24, 2.45) is 0 Å². The van der Waals surface area contributed by atoms with Gasteiger partial charge in [0.2, 0.25) is 5.95 Å². The predicted octanol–water partition coefficient (Wildman–Crippen LogP) is 2.61. The van der Waals surface area contributed by atoms with Crippen LogP contribution in [0.15, 0.2) is 34.8 Å². The molecule has 5 nitrogen and oxygen atoms in total. The van der Waals surface area contributed by atoms with Crippen LogP contribution in [-0.2, 0) is 0 Å². The van der Waals surface area contributed by atoms with E-state index in [9.17, 15) is 0 Å². The first kappa shape index (κ1) is 11.7. The largest absolute Gasteiger partial charge is 0.373 e. The zero-order valence-electron chi connectivity index (χ0n) is 9.24. The molecule has 88 valence electrons. The van der Waals surface area contributed by atoms with Crippen LogP contribution in [0.4, 0.5) is 23.3 Å². The van der Waals surface area contributed by atoms with Crippen LogP contribution < -0.4 is 16.4 Å². The maximum Gasteiger partial charge on any atom is 0.223 e. The standard InChI is InChI=1S/C11H12BrN5/c1-14-9-6-10(17-11(13)16-9)15-8-4-2-7(12)3-5-8/h2-6H,1H3,(H4,13,14,15,16,17). The van der Waals surface area contributed by atoms with Crippen LogP contribution >= 0.6 is 15.9 Å². The van der Waals surface area contributed by atoms with Crippen LogP contribution in [0.1, 0.15) is 0 Å². The van der Waals surface area contributed by atoms with Gasteiger partial charge >= 0.3 is 0 Å². The Hall–Kier alpha value is -1.82. The molecule has 0 aliphatic heterocycles. The molecule has 0 atom stereocenters. The summed E-state index contributed by atoms with van der Waals surface area (Å²) in [7, 11) is 1.78. The molecule has 0 saturated carbocycles. The highest BCUT2D eigenvalue weighted by molar-refractivity contribution is 9.10. The molecule has 0 unspecified atom stereocenters. The van der Waals surface area contributed by atoms with E-state index in [2.05, 4.69) is 36.5 Å². The molecule has 2 rings (SSSR count). The Balaban J connectivity index is 2.23. The molecule has 0 aliphatic rings. The minimum absolute atomic E-state index is 0.233. The Morgan fingerprint density at radius 1 is 1.12 bits per heavy atom. The summed E-state index contributed by atoms with van der Waals surface area (Å²) in [6.07, 6.45) is 0. The lowest BCUT2D eigenvalue weighted by Crippen LogP contribution is -2.03. The lowest BCUT2D eigenvalue weighted by Gasteiger charge is -2.08. The van der Waals surface area contributed by atoms with E-state index in [1.54, 1.807) is 13.1 Å². The number of aromatic nitrogens is 2. The minimum Gasteiger partial charge on any atom is -0.373 e. The van der Waals surface area contributed by atoms with Crippen LogP contribution in [-0.4, -0.2) is 17.0 Å². The molecule has 0 fully saturated rings. The van der Waals surface area contributed by atoms with Gasteiger partial charge in [0.05, 0.1) is 0 Å². The third-order valence-electron chi connectivity index (χ3n) is 2.12. The fourth-order valence-corrected chi connectivity index (χ4v) is 1.60. The van der Waals surface area contributed by atoms with Gasteiger partial charge in [0.25, 0.3) is 0 Å². The first-order valence-electron chi connectivity index (χ1n) is 5.02. The first-order chi connectivity index (χ1) is 8.17. The summed E-state index contributed by atoms with van der Waals surface area (Å²) >= 11 is 3.38. The van der Waals surface area contributed by atoms with E-state index in [4.69, 9.17) is 5.73 Å². The number of hydrogen-bond donors (Lipinski definition) is 3. The van der Waals surface area contributed by atoms with E-state index in [0.717, 1.165) is 10.2 Å². The van der Waals surface area contributed by atoms with Crippen LogP contribution in [0.5, 0.6) is 0 Å². The number of halogens is 1. The Kier molecular flexibility index (Phi) is 3.43. The zero-order valence-corrected chi connectivity index (χ0v) is 10.8. The molecule has 0 spiro atoms. The summed E-state index contributed by atoms with van der Waals surface area (Å²) in [5, 5.41) is 6.08. The van der Waals surface area contributed by atoms with Gasteiger partial charge < -0.3 is 16.4 Å². The van der Waals surface area contributed by atoms with Gasteiger partial charge in [-0.2, -0.15) is 9.97 Å². The van der Waals surface area contributed by atoms with Crippen LogP contribution in [0, 0.1) is 0 Å². The van der Waals surface area contributed by atoms with Gasteiger partial charge in [0.15, 0.2) is 0 Å². The maximum atomic E-state index is 5.60. The van der Waals surface area contributed by atoms with Crippen molar-refractivity contribution < 1.29 is 0 Å². The molecule has 0 aliphatic carbocycles. The second-order valence-corrected chi connectivity index (χ2v) is 4.29. The average molecular weight is 294 g/mol. The summed E-state index contributed by atoms with van der Waals surface area (Å²) in [6, 6.07) is 9.58. The van der Waals surface area contributed by atoms with Crippen molar-refractivity contribution >= 4 is 39.2 Å². The Bertz CT molecular complexity index is 512. The quantitative estimate of drug-likeness (QED) is 0.811. The number of anilines is 4. The SMILES string of the molecule is CNc1cc(Nc2ccc(Br)cc2)nc(N)n1. The maximum absolute atomic E-state index is 5.60. The Morgan fingerprint density at radius 3 is 2.41 bits per heavy atom.